The molecule has 2 rings (SSSR count). The molecule has 2 nitrogen and oxygen atoms in total. The summed E-state index contributed by atoms with van der Waals surface area (Å²) in [5.41, 5.74) is 0. The van der Waals surface area contributed by atoms with E-state index in [9.17, 15) is 0 Å². The van der Waals surface area contributed by atoms with Crippen LogP contribution in [0.5, 0.6) is 0 Å². The van der Waals surface area contributed by atoms with Crippen LogP contribution >= 0.6 is 0 Å². The molecular formula is C12H24N2. The topological polar surface area (TPSA) is 15.3 Å². The molecule has 1 atom stereocenters. The molecule has 0 unspecified atom stereocenters. The van der Waals surface area contributed by atoms with E-state index < -0.39 is 0 Å². The molecule has 0 amide bonds. The maximum absolute atomic E-state index is 3.59. The lowest BCUT2D eigenvalue weighted by Crippen LogP contribution is -2.30. The third kappa shape index (κ3) is 2.96. The van der Waals surface area contributed by atoms with Crippen LogP contribution in [0.2, 0.25) is 0 Å². The van der Waals surface area contributed by atoms with E-state index in [2.05, 4.69) is 17.1 Å². The second kappa shape index (κ2) is 5.13. The van der Waals surface area contributed by atoms with E-state index in [4.69, 9.17) is 0 Å². The predicted octanol–water partition coefficient (Wildman–Crippen LogP) is 2.00. The molecule has 0 aromatic carbocycles. The summed E-state index contributed by atoms with van der Waals surface area (Å²) >= 11 is 0. The molecule has 82 valence electrons. The molecular weight excluding hydrogens is 172 g/mol. The molecule has 0 aromatic heterocycles. The van der Waals surface area contributed by atoms with Crippen LogP contribution in [0.3, 0.4) is 0 Å². The van der Waals surface area contributed by atoms with Crippen LogP contribution in [-0.2, 0) is 0 Å². The molecule has 0 spiro atoms. The summed E-state index contributed by atoms with van der Waals surface area (Å²) in [5, 5.41) is 3.59. The fraction of sp³-hybridized carbons (Fsp3) is 1.00. The molecule has 0 aromatic rings. The minimum Gasteiger partial charge on any atom is -0.314 e. The van der Waals surface area contributed by atoms with Crippen molar-refractivity contribution in [3.63, 3.8) is 0 Å². The maximum Gasteiger partial charge on any atom is 0.00960 e. The van der Waals surface area contributed by atoms with Gasteiger partial charge in [-0.2, -0.15) is 0 Å². The minimum atomic E-state index is 0.890. The fourth-order valence-corrected chi connectivity index (χ4v) is 2.57. The van der Waals surface area contributed by atoms with Crippen LogP contribution in [0.1, 0.15) is 45.4 Å². The van der Waals surface area contributed by atoms with Gasteiger partial charge in [0.15, 0.2) is 0 Å². The average molecular weight is 196 g/mol. The Morgan fingerprint density at radius 1 is 1.29 bits per heavy atom. The SMILES string of the molecule is CCN1CCC[C@H]1CCCNC1CC1. The zero-order valence-corrected chi connectivity index (χ0v) is 9.47. The molecule has 1 saturated heterocycles. The Morgan fingerprint density at radius 2 is 2.14 bits per heavy atom. The molecule has 1 aliphatic carbocycles. The maximum atomic E-state index is 3.59. The van der Waals surface area contributed by atoms with Crippen molar-refractivity contribution in [3.8, 4) is 0 Å². The quantitative estimate of drug-likeness (QED) is 0.654. The molecule has 1 N–H and O–H groups in total. The summed E-state index contributed by atoms with van der Waals surface area (Å²) in [6.07, 6.45) is 8.49. The first-order valence-electron chi connectivity index (χ1n) is 6.37. The lowest BCUT2D eigenvalue weighted by atomic mass is 10.1. The van der Waals surface area contributed by atoms with E-state index in [1.165, 1.54) is 58.2 Å². The summed E-state index contributed by atoms with van der Waals surface area (Å²) < 4.78 is 0. The Kier molecular flexibility index (Phi) is 3.82. The van der Waals surface area contributed by atoms with E-state index in [-0.39, 0.29) is 0 Å². The van der Waals surface area contributed by atoms with Gasteiger partial charge in [-0.25, -0.2) is 0 Å². The Hall–Kier alpha value is -0.0800. The highest BCUT2D eigenvalue weighted by Crippen LogP contribution is 2.21. The van der Waals surface area contributed by atoms with Crippen LogP contribution in [0.15, 0.2) is 0 Å². The van der Waals surface area contributed by atoms with Gasteiger partial charge in [0.2, 0.25) is 0 Å². The molecule has 1 heterocycles. The third-order valence-corrected chi connectivity index (χ3v) is 3.63. The summed E-state index contributed by atoms with van der Waals surface area (Å²) in [4.78, 5) is 2.65. The predicted molar refractivity (Wildman–Crippen MR) is 60.5 cm³/mol. The second-order valence-corrected chi connectivity index (χ2v) is 4.80. The summed E-state index contributed by atoms with van der Waals surface area (Å²) in [6, 6.07) is 1.79. The number of nitrogens with zero attached hydrogens (tertiary/aromatic N) is 1. The van der Waals surface area contributed by atoms with Crippen molar-refractivity contribution in [3.05, 3.63) is 0 Å². The van der Waals surface area contributed by atoms with E-state index in [1.54, 1.807) is 0 Å². The van der Waals surface area contributed by atoms with Crippen LogP contribution < -0.4 is 5.32 Å². The summed E-state index contributed by atoms with van der Waals surface area (Å²) in [7, 11) is 0. The smallest absolute Gasteiger partial charge is 0.00960 e. The highest BCUT2D eigenvalue weighted by Gasteiger charge is 2.23. The third-order valence-electron chi connectivity index (χ3n) is 3.63. The second-order valence-electron chi connectivity index (χ2n) is 4.80. The van der Waals surface area contributed by atoms with Gasteiger partial charge in [-0.15, -0.1) is 0 Å². The standard InChI is InChI=1S/C12H24N2/c1-2-14-10-4-6-12(14)5-3-9-13-11-7-8-11/h11-13H,2-10H2,1H3/t12-/m1/s1. The van der Waals surface area contributed by atoms with Gasteiger partial charge in [-0.05, 0) is 58.2 Å². The van der Waals surface area contributed by atoms with Gasteiger partial charge in [-0.1, -0.05) is 6.92 Å². The summed E-state index contributed by atoms with van der Waals surface area (Å²) in [6.45, 7) is 6.14. The lowest BCUT2D eigenvalue weighted by molar-refractivity contribution is 0.251. The molecule has 0 bridgehead atoms. The monoisotopic (exact) mass is 196 g/mol. The van der Waals surface area contributed by atoms with Gasteiger partial charge in [0.05, 0.1) is 0 Å². The lowest BCUT2D eigenvalue weighted by Gasteiger charge is -2.22. The van der Waals surface area contributed by atoms with Crippen molar-refractivity contribution < 1.29 is 0 Å². The summed E-state index contributed by atoms with van der Waals surface area (Å²) in [5.74, 6) is 0. The Labute approximate surface area is 88.1 Å². The van der Waals surface area contributed by atoms with Gasteiger partial charge >= 0.3 is 0 Å². The van der Waals surface area contributed by atoms with Gasteiger partial charge < -0.3 is 10.2 Å². The van der Waals surface area contributed by atoms with E-state index in [0.29, 0.717) is 0 Å². The highest BCUT2D eigenvalue weighted by molar-refractivity contribution is 4.82. The highest BCUT2D eigenvalue weighted by atomic mass is 15.2. The number of likely N-dealkylation sites (tertiary alicyclic amines) is 1. The van der Waals surface area contributed by atoms with E-state index in [1.807, 2.05) is 0 Å². The van der Waals surface area contributed by atoms with Crippen LogP contribution in [0, 0.1) is 0 Å². The molecule has 2 aliphatic rings. The molecule has 2 heteroatoms. The number of rotatable bonds is 6. The zero-order chi connectivity index (χ0) is 9.80. The van der Waals surface area contributed by atoms with Gasteiger partial charge in [0.1, 0.15) is 0 Å². The van der Waals surface area contributed by atoms with Crippen molar-refractivity contribution in [2.45, 2.75) is 57.5 Å². The van der Waals surface area contributed by atoms with Crippen molar-refractivity contribution in [1.82, 2.24) is 10.2 Å². The van der Waals surface area contributed by atoms with Crippen molar-refractivity contribution in [1.29, 1.82) is 0 Å². The Bertz CT molecular complexity index is 166. The number of hydrogen-bond acceptors (Lipinski definition) is 2. The zero-order valence-electron chi connectivity index (χ0n) is 9.47. The molecule has 2 fully saturated rings. The first-order chi connectivity index (χ1) is 6.90. The minimum absolute atomic E-state index is 0.890. The molecule has 0 radical (unpaired) electrons. The first-order valence-corrected chi connectivity index (χ1v) is 6.37. The van der Waals surface area contributed by atoms with Gasteiger partial charge in [0, 0.05) is 12.1 Å². The van der Waals surface area contributed by atoms with Crippen molar-refractivity contribution in [2.75, 3.05) is 19.6 Å². The van der Waals surface area contributed by atoms with Gasteiger partial charge in [0.25, 0.3) is 0 Å². The first kappa shape index (κ1) is 10.4. The van der Waals surface area contributed by atoms with Crippen molar-refractivity contribution >= 4 is 0 Å². The van der Waals surface area contributed by atoms with Crippen molar-refractivity contribution in [2.24, 2.45) is 0 Å². The normalized spacial score (nSPS) is 28.5. The Balaban J connectivity index is 1.54. The van der Waals surface area contributed by atoms with Gasteiger partial charge in [-0.3, -0.25) is 0 Å². The van der Waals surface area contributed by atoms with Crippen LogP contribution in [0.25, 0.3) is 0 Å². The molecule has 14 heavy (non-hydrogen) atoms. The largest absolute Gasteiger partial charge is 0.314 e. The number of hydrogen-bond donors (Lipinski definition) is 1. The van der Waals surface area contributed by atoms with Crippen LogP contribution in [0.4, 0.5) is 0 Å². The fourth-order valence-electron chi connectivity index (χ4n) is 2.57. The number of nitrogens with one attached hydrogen (secondary N) is 1. The van der Waals surface area contributed by atoms with E-state index in [0.717, 1.165) is 12.1 Å². The molecule has 1 saturated carbocycles. The van der Waals surface area contributed by atoms with Crippen LogP contribution in [-0.4, -0.2) is 36.6 Å². The average Bonchev–Trinajstić information content (AvgIpc) is 2.91. The molecule has 1 aliphatic heterocycles. The Morgan fingerprint density at radius 3 is 2.86 bits per heavy atom. The van der Waals surface area contributed by atoms with E-state index >= 15 is 0 Å².